The summed E-state index contributed by atoms with van der Waals surface area (Å²) < 4.78 is 11.2. The number of carbonyl (C=O) groups is 1. The Morgan fingerprint density at radius 1 is 0.500 bits per heavy atom. The second-order valence-corrected chi connectivity index (χ2v) is 18.5. The van der Waals surface area contributed by atoms with Crippen LogP contribution in [0.25, 0.3) is 0 Å². The summed E-state index contributed by atoms with van der Waals surface area (Å²) in [7, 11) is 0. The SMILES string of the molecule is CCCCCCCCCCCCCCCCCCCCCCCCC(O)C(=O)N[C@@H](CO[C@@H]1O[C@H](CO)[C@@H](O)[C@H](O)[C@H]1O)[C@H](O)CCCCCCCCCCCCCCC. The number of unbranched alkanes of at least 4 members (excludes halogenated alkanes) is 33. The lowest BCUT2D eigenvalue weighted by molar-refractivity contribution is -0.302. The summed E-state index contributed by atoms with van der Waals surface area (Å²) >= 11 is 0. The van der Waals surface area contributed by atoms with Crippen molar-refractivity contribution in [3.8, 4) is 0 Å². The van der Waals surface area contributed by atoms with Gasteiger partial charge in [0.2, 0.25) is 5.91 Å². The van der Waals surface area contributed by atoms with Crippen LogP contribution >= 0.6 is 0 Å². The molecule has 0 aromatic heterocycles. The average Bonchev–Trinajstić information content (AvgIpc) is 3.25. The third kappa shape index (κ3) is 30.3. The largest absolute Gasteiger partial charge is 0.394 e. The zero-order valence-corrected chi connectivity index (χ0v) is 39.1. The molecule has 1 aliphatic rings. The second-order valence-electron chi connectivity index (χ2n) is 18.5. The van der Waals surface area contributed by atoms with Crippen molar-refractivity contribution >= 4 is 5.91 Å². The Hall–Kier alpha value is -0.850. The fourth-order valence-corrected chi connectivity index (χ4v) is 8.58. The molecule has 1 amide bonds. The quantitative estimate of drug-likeness (QED) is 0.0295. The van der Waals surface area contributed by atoms with Gasteiger partial charge in [0, 0.05) is 0 Å². The fraction of sp³-hybridized carbons (Fsp3) is 0.980. The minimum absolute atomic E-state index is 0.250. The van der Waals surface area contributed by atoms with Crippen LogP contribution in [0.5, 0.6) is 0 Å². The smallest absolute Gasteiger partial charge is 0.249 e. The van der Waals surface area contributed by atoms with Crippen LogP contribution in [0.1, 0.15) is 251 Å². The molecule has 10 nitrogen and oxygen atoms in total. The van der Waals surface area contributed by atoms with Gasteiger partial charge >= 0.3 is 0 Å². The molecule has 0 aromatic carbocycles. The number of ether oxygens (including phenoxy) is 2. The van der Waals surface area contributed by atoms with E-state index < -0.39 is 61.5 Å². The van der Waals surface area contributed by atoms with Crippen LogP contribution in [0.4, 0.5) is 0 Å². The first-order valence-corrected chi connectivity index (χ1v) is 25.8. The van der Waals surface area contributed by atoms with Crippen molar-refractivity contribution in [1.29, 1.82) is 0 Å². The molecule has 1 aliphatic heterocycles. The van der Waals surface area contributed by atoms with Crippen molar-refractivity contribution in [1.82, 2.24) is 5.32 Å². The maximum absolute atomic E-state index is 13.1. The first-order valence-electron chi connectivity index (χ1n) is 25.8. The molecule has 7 N–H and O–H groups in total. The van der Waals surface area contributed by atoms with E-state index in [1.807, 2.05) is 0 Å². The summed E-state index contributed by atoms with van der Waals surface area (Å²) in [4.78, 5) is 13.1. The van der Waals surface area contributed by atoms with Crippen LogP contribution in [0.15, 0.2) is 0 Å². The Balaban J connectivity index is 2.27. The molecule has 1 saturated heterocycles. The third-order valence-electron chi connectivity index (χ3n) is 12.8. The van der Waals surface area contributed by atoms with Crippen LogP contribution in [0.2, 0.25) is 0 Å². The number of aliphatic hydroxyl groups excluding tert-OH is 6. The third-order valence-corrected chi connectivity index (χ3v) is 12.8. The zero-order chi connectivity index (χ0) is 43.9. The summed E-state index contributed by atoms with van der Waals surface area (Å²) in [6.45, 7) is 3.69. The number of hydrogen-bond acceptors (Lipinski definition) is 9. The van der Waals surface area contributed by atoms with E-state index in [-0.39, 0.29) is 6.61 Å². The van der Waals surface area contributed by atoms with E-state index in [9.17, 15) is 35.4 Å². The Labute approximate surface area is 368 Å². The number of aliphatic hydroxyl groups is 6. The summed E-state index contributed by atoms with van der Waals surface area (Å²) in [5, 5.41) is 65.0. The fourth-order valence-electron chi connectivity index (χ4n) is 8.58. The topological polar surface area (TPSA) is 169 Å². The standard InChI is InChI=1S/C50H99NO9/c1-3-5-7-9-11-13-15-17-18-19-20-21-22-23-24-25-27-29-31-33-35-37-39-44(54)49(58)51-42(41-59-50-48(57)47(56)46(55)45(40-52)60-50)43(53)38-36-34-32-30-28-26-16-14-12-10-8-6-4-2/h42-48,50,52-57H,3-41H2,1-2H3,(H,51,58)/t42-,43+,44?,45+,46+,47-,48+,50+/m0/s1. The predicted octanol–water partition coefficient (Wildman–Crippen LogP) is 10.5. The number of amides is 1. The molecule has 1 fully saturated rings. The maximum Gasteiger partial charge on any atom is 0.249 e. The van der Waals surface area contributed by atoms with E-state index in [2.05, 4.69) is 19.2 Å². The Morgan fingerprint density at radius 3 is 1.18 bits per heavy atom. The monoisotopic (exact) mass is 858 g/mol. The number of carbonyl (C=O) groups excluding carboxylic acids is 1. The molecule has 0 saturated carbocycles. The molecule has 0 bridgehead atoms. The molecule has 1 rings (SSSR count). The molecule has 1 unspecified atom stereocenters. The van der Waals surface area contributed by atoms with E-state index in [0.29, 0.717) is 12.8 Å². The van der Waals surface area contributed by atoms with Crippen molar-refractivity contribution < 1.29 is 44.9 Å². The van der Waals surface area contributed by atoms with E-state index in [0.717, 1.165) is 44.9 Å². The van der Waals surface area contributed by atoms with Crippen LogP contribution < -0.4 is 5.32 Å². The minimum Gasteiger partial charge on any atom is -0.394 e. The molecule has 0 aliphatic carbocycles. The van der Waals surface area contributed by atoms with E-state index in [1.165, 1.54) is 180 Å². The molecule has 1 heterocycles. The number of rotatable bonds is 44. The molecule has 60 heavy (non-hydrogen) atoms. The van der Waals surface area contributed by atoms with E-state index in [1.54, 1.807) is 0 Å². The summed E-state index contributed by atoms with van der Waals surface area (Å²) in [6, 6.07) is -0.888. The Bertz CT molecular complexity index is 926. The number of nitrogens with one attached hydrogen (secondary N) is 1. The lowest BCUT2D eigenvalue weighted by Gasteiger charge is -2.40. The van der Waals surface area contributed by atoms with Gasteiger partial charge in [0.1, 0.15) is 30.5 Å². The zero-order valence-electron chi connectivity index (χ0n) is 39.1. The second kappa shape index (κ2) is 40.9. The van der Waals surface area contributed by atoms with Gasteiger partial charge < -0.3 is 45.4 Å². The van der Waals surface area contributed by atoms with Crippen LogP contribution in [-0.4, -0.2) is 98.7 Å². The summed E-state index contributed by atoms with van der Waals surface area (Å²) in [5.41, 5.74) is 0. The van der Waals surface area contributed by atoms with Crippen LogP contribution in [0, 0.1) is 0 Å². The van der Waals surface area contributed by atoms with Gasteiger partial charge in [-0.05, 0) is 12.8 Å². The summed E-state index contributed by atoms with van der Waals surface area (Å²) in [5.74, 6) is -0.578. The first kappa shape index (κ1) is 57.2. The van der Waals surface area contributed by atoms with Gasteiger partial charge in [-0.3, -0.25) is 4.79 Å². The molecule has 10 heteroatoms. The average molecular weight is 858 g/mol. The molecular formula is C50H99NO9. The van der Waals surface area contributed by atoms with Gasteiger partial charge in [-0.1, -0.05) is 239 Å². The Kier molecular flexibility index (Phi) is 39.0. The highest BCUT2D eigenvalue weighted by atomic mass is 16.7. The van der Waals surface area contributed by atoms with E-state index in [4.69, 9.17) is 9.47 Å². The van der Waals surface area contributed by atoms with Crippen molar-refractivity contribution in [2.75, 3.05) is 13.2 Å². The summed E-state index contributed by atoms with van der Waals surface area (Å²) in [6.07, 6.45) is 35.9. The molecule has 0 spiro atoms. The normalized spacial score (nSPS) is 21.0. The first-order chi connectivity index (χ1) is 29.3. The minimum atomic E-state index is -1.59. The van der Waals surface area contributed by atoms with Crippen LogP contribution in [0.3, 0.4) is 0 Å². The van der Waals surface area contributed by atoms with Crippen molar-refractivity contribution in [2.24, 2.45) is 0 Å². The molecule has 8 atom stereocenters. The van der Waals surface area contributed by atoms with Crippen molar-refractivity contribution in [3.63, 3.8) is 0 Å². The van der Waals surface area contributed by atoms with Crippen molar-refractivity contribution in [2.45, 2.75) is 300 Å². The highest BCUT2D eigenvalue weighted by Gasteiger charge is 2.44. The van der Waals surface area contributed by atoms with Crippen molar-refractivity contribution in [3.05, 3.63) is 0 Å². The molecule has 0 radical (unpaired) electrons. The van der Waals surface area contributed by atoms with Gasteiger partial charge in [0.15, 0.2) is 6.29 Å². The number of hydrogen-bond donors (Lipinski definition) is 7. The van der Waals surface area contributed by atoms with Gasteiger partial charge in [-0.25, -0.2) is 0 Å². The van der Waals surface area contributed by atoms with Gasteiger partial charge in [0.05, 0.1) is 25.4 Å². The van der Waals surface area contributed by atoms with Crippen LogP contribution in [-0.2, 0) is 14.3 Å². The van der Waals surface area contributed by atoms with E-state index >= 15 is 0 Å². The highest BCUT2D eigenvalue weighted by Crippen LogP contribution is 2.23. The molecular weight excluding hydrogens is 759 g/mol. The lowest BCUT2D eigenvalue weighted by atomic mass is 9.99. The van der Waals surface area contributed by atoms with Gasteiger partial charge in [-0.2, -0.15) is 0 Å². The Morgan fingerprint density at radius 2 is 0.833 bits per heavy atom. The van der Waals surface area contributed by atoms with Gasteiger partial charge in [0.25, 0.3) is 0 Å². The van der Waals surface area contributed by atoms with Gasteiger partial charge in [-0.15, -0.1) is 0 Å². The molecule has 0 aromatic rings. The predicted molar refractivity (Wildman–Crippen MR) is 246 cm³/mol. The highest BCUT2D eigenvalue weighted by molar-refractivity contribution is 5.80. The maximum atomic E-state index is 13.1. The lowest BCUT2D eigenvalue weighted by Crippen LogP contribution is -2.60. The molecule has 358 valence electrons.